The zero-order valence-electron chi connectivity index (χ0n) is 16.5. The second-order valence-corrected chi connectivity index (χ2v) is 7.46. The second-order valence-electron chi connectivity index (χ2n) is 7.46. The molecule has 1 saturated heterocycles. The Morgan fingerprint density at radius 1 is 1.26 bits per heavy atom. The lowest BCUT2D eigenvalue weighted by Crippen LogP contribution is -2.37. The highest BCUT2D eigenvalue weighted by molar-refractivity contribution is 5.93. The molecule has 0 aliphatic carbocycles. The van der Waals surface area contributed by atoms with Gasteiger partial charge in [0.1, 0.15) is 0 Å². The van der Waals surface area contributed by atoms with Gasteiger partial charge in [-0.3, -0.25) is 19.4 Å². The van der Waals surface area contributed by atoms with Crippen molar-refractivity contribution >= 4 is 30.0 Å². The maximum absolute atomic E-state index is 12.5. The predicted molar refractivity (Wildman–Crippen MR) is 111 cm³/mol. The number of hydrogen-bond donors (Lipinski definition) is 2. The number of nitrogens with one attached hydrogen (secondary N) is 1. The molecule has 152 valence electrons. The molecule has 1 aromatic rings. The Kier molecular flexibility index (Phi) is 9.77. The fraction of sp³-hybridized carbons (Fsp3) is 0.600. The van der Waals surface area contributed by atoms with Crippen LogP contribution in [0.4, 0.5) is 5.69 Å². The van der Waals surface area contributed by atoms with E-state index in [2.05, 4.69) is 30.1 Å². The maximum atomic E-state index is 12.5. The Morgan fingerprint density at radius 3 is 2.63 bits per heavy atom. The highest BCUT2D eigenvalue weighted by Crippen LogP contribution is 2.23. The van der Waals surface area contributed by atoms with Crippen LogP contribution in [0.25, 0.3) is 0 Å². The van der Waals surface area contributed by atoms with Crippen molar-refractivity contribution in [1.82, 2.24) is 9.80 Å². The van der Waals surface area contributed by atoms with Crippen LogP contribution in [0.2, 0.25) is 0 Å². The van der Waals surface area contributed by atoms with Gasteiger partial charge in [-0.05, 0) is 50.4 Å². The van der Waals surface area contributed by atoms with Crippen LogP contribution < -0.4 is 5.32 Å². The molecule has 1 atom stereocenters. The number of benzene rings is 1. The molecular weight excluding hydrogens is 366 g/mol. The van der Waals surface area contributed by atoms with Crippen LogP contribution in [0.1, 0.15) is 44.6 Å². The van der Waals surface area contributed by atoms with E-state index < -0.39 is 5.97 Å². The van der Waals surface area contributed by atoms with Crippen LogP contribution in [-0.2, 0) is 9.59 Å². The molecule has 1 aliphatic rings. The first-order chi connectivity index (χ1) is 12.4. The van der Waals surface area contributed by atoms with Crippen molar-refractivity contribution < 1.29 is 14.7 Å². The zero-order chi connectivity index (χ0) is 19.1. The molecule has 0 aromatic heterocycles. The number of nitrogens with zero attached hydrogens (tertiary/aromatic N) is 2. The molecule has 1 aromatic carbocycles. The lowest BCUT2D eigenvalue weighted by molar-refractivity contribution is -0.138. The van der Waals surface area contributed by atoms with E-state index in [1.807, 2.05) is 30.1 Å². The number of carboxylic acids is 1. The normalized spacial score (nSPS) is 18.0. The molecule has 0 saturated carbocycles. The van der Waals surface area contributed by atoms with Gasteiger partial charge in [-0.25, -0.2) is 0 Å². The van der Waals surface area contributed by atoms with Crippen molar-refractivity contribution in [1.29, 1.82) is 0 Å². The molecule has 1 unspecified atom stereocenters. The molecule has 1 aliphatic heterocycles. The molecular formula is C20H32ClN3O3. The first-order valence-electron chi connectivity index (χ1n) is 9.40. The molecule has 1 heterocycles. The van der Waals surface area contributed by atoms with E-state index in [0.29, 0.717) is 12.5 Å². The number of halogens is 1. The Labute approximate surface area is 168 Å². The summed E-state index contributed by atoms with van der Waals surface area (Å²) >= 11 is 0. The zero-order valence-corrected chi connectivity index (χ0v) is 17.3. The van der Waals surface area contributed by atoms with E-state index in [-0.39, 0.29) is 30.9 Å². The van der Waals surface area contributed by atoms with Gasteiger partial charge >= 0.3 is 5.97 Å². The Hall–Kier alpha value is -1.63. The number of para-hydroxylation sites is 1. The summed E-state index contributed by atoms with van der Waals surface area (Å²) in [6.45, 7) is 6.37. The van der Waals surface area contributed by atoms with Gasteiger partial charge < -0.3 is 10.4 Å². The van der Waals surface area contributed by atoms with Gasteiger partial charge in [-0.1, -0.05) is 32.0 Å². The number of carbonyl (C=O) groups excluding carboxylic acids is 1. The lowest BCUT2D eigenvalue weighted by Gasteiger charge is -2.25. The van der Waals surface area contributed by atoms with Crippen molar-refractivity contribution in [3.63, 3.8) is 0 Å². The smallest absolute Gasteiger partial charge is 0.317 e. The lowest BCUT2D eigenvalue weighted by atomic mass is 10.0. The summed E-state index contributed by atoms with van der Waals surface area (Å²) in [6.07, 6.45) is 2.84. The number of likely N-dealkylation sites (tertiary alicyclic amines) is 1. The van der Waals surface area contributed by atoms with Gasteiger partial charge in [-0.2, -0.15) is 0 Å². The summed E-state index contributed by atoms with van der Waals surface area (Å²) in [5, 5.41) is 12.0. The van der Waals surface area contributed by atoms with Gasteiger partial charge in [0, 0.05) is 18.3 Å². The molecule has 0 radical (unpaired) electrons. The summed E-state index contributed by atoms with van der Waals surface area (Å²) < 4.78 is 0. The largest absolute Gasteiger partial charge is 0.480 e. The van der Waals surface area contributed by atoms with Gasteiger partial charge in [0.15, 0.2) is 0 Å². The summed E-state index contributed by atoms with van der Waals surface area (Å²) in [5.41, 5.74) is 2.04. The fourth-order valence-corrected chi connectivity index (χ4v) is 3.59. The quantitative estimate of drug-likeness (QED) is 0.739. The minimum Gasteiger partial charge on any atom is -0.480 e. The van der Waals surface area contributed by atoms with Crippen molar-refractivity contribution in [2.75, 3.05) is 38.5 Å². The third-order valence-electron chi connectivity index (χ3n) is 5.02. The highest BCUT2D eigenvalue weighted by atomic mass is 35.5. The maximum Gasteiger partial charge on any atom is 0.317 e. The minimum absolute atomic E-state index is 0. The van der Waals surface area contributed by atoms with Crippen LogP contribution >= 0.6 is 12.4 Å². The summed E-state index contributed by atoms with van der Waals surface area (Å²) in [5.74, 6) is -0.428. The number of amides is 1. The van der Waals surface area contributed by atoms with Gasteiger partial charge in [0.2, 0.25) is 5.91 Å². The first-order valence-corrected chi connectivity index (χ1v) is 9.40. The number of likely N-dealkylation sites (N-methyl/N-ethyl adjacent to an activating group) is 1. The van der Waals surface area contributed by atoms with E-state index in [9.17, 15) is 9.59 Å². The van der Waals surface area contributed by atoms with Crippen molar-refractivity contribution in [3.05, 3.63) is 29.8 Å². The number of carbonyl (C=O) groups is 2. The standard InChI is InChI=1S/C20H31N3O3.ClH/c1-15(2)17-8-4-5-9-18(17)21-19(24)13-23-11-6-7-16(10-12-23)22(3)14-20(25)26;/h4-5,8-9,15-16H,6-7,10-14H2,1-3H3,(H,21,24)(H,25,26);1H. The van der Waals surface area contributed by atoms with Crippen LogP contribution in [0.3, 0.4) is 0 Å². The molecule has 0 bridgehead atoms. The van der Waals surface area contributed by atoms with E-state index in [1.165, 1.54) is 0 Å². The average Bonchev–Trinajstić information content (AvgIpc) is 2.80. The van der Waals surface area contributed by atoms with E-state index >= 15 is 0 Å². The molecule has 7 heteroatoms. The first kappa shape index (κ1) is 23.4. The SMILES string of the molecule is CC(C)c1ccccc1NC(=O)CN1CCCC(N(C)CC(=O)O)CC1.Cl. The third kappa shape index (κ3) is 7.48. The second kappa shape index (κ2) is 11.3. The summed E-state index contributed by atoms with van der Waals surface area (Å²) in [6, 6.07) is 8.20. The van der Waals surface area contributed by atoms with E-state index in [4.69, 9.17) is 5.11 Å². The number of carboxylic acid groups (broad SMARTS) is 1. The summed E-state index contributed by atoms with van der Waals surface area (Å²) in [4.78, 5) is 27.5. The van der Waals surface area contributed by atoms with Crippen molar-refractivity contribution in [2.45, 2.75) is 45.1 Å². The molecule has 2 N–H and O–H groups in total. The third-order valence-corrected chi connectivity index (χ3v) is 5.02. The predicted octanol–water partition coefficient (Wildman–Crippen LogP) is 3.04. The van der Waals surface area contributed by atoms with Gasteiger partial charge in [0.05, 0.1) is 13.1 Å². The average molecular weight is 398 g/mol. The van der Waals surface area contributed by atoms with Gasteiger partial charge in [-0.15, -0.1) is 12.4 Å². The Bertz CT molecular complexity index is 624. The minimum atomic E-state index is -0.795. The Morgan fingerprint density at radius 2 is 1.96 bits per heavy atom. The molecule has 2 rings (SSSR count). The molecule has 1 amide bonds. The van der Waals surface area contributed by atoms with Crippen LogP contribution in [0.5, 0.6) is 0 Å². The molecule has 27 heavy (non-hydrogen) atoms. The monoisotopic (exact) mass is 397 g/mol. The van der Waals surface area contributed by atoms with E-state index in [1.54, 1.807) is 0 Å². The highest BCUT2D eigenvalue weighted by Gasteiger charge is 2.23. The fourth-order valence-electron chi connectivity index (χ4n) is 3.59. The number of anilines is 1. The Balaban J connectivity index is 0.00000364. The number of rotatable bonds is 7. The molecule has 1 fully saturated rings. The van der Waals surface area contributed by atoms with Crippen molar-refractivity contribution in [3.8, 4) is 0 Å². The van der Waals surface area contributed by atoms with Gasteiger partial charge in [0.25, 0.3) is 0 Å². The summed E-state index contributed by atoms with van der Waals surface area (Å²) in [7, 11) is 1.87. The van der Waals surface area contributed by atoms with Crippen LogP contribution in [0.15, 0.2) is 24.3 Å². The van der Waals surface area contributed by atoms with E-state index in [0.717, 1.165) is 43.6 Å². The number of hydrogen-bond acceptors (Lipinski definition) is 4. The van der Waals surface area contributed by atoms with Crippen molar-refractivity contribution in [2.24, 2.45) is 0 Å². The van der Waals surface area contributed by atoms with Crippen LogP contribution in [-0.4, -0.2) is 66.1 Å². The topological polar surface area (TPSA) is 72.9 Å². The molecule has 6 nitrogen and oxygen atoms in total. The number of aliphatic carboxylic acids is 1. The molecule has 0 spiro atoms. The van der Waals surface area contributed by atoms with Crippen LogP contribution in [0, 0.1) is 0 Å².